The van der Waals surface area contributed by atoms with E-state index < -0.39 is 5.91 Å². The van der Waals surface area contributed by atoms with Gasteiger partial charge >= 0.3 is 0 Å². The molecule has 2 N–H and O–H groups in total. The van der Waals surface area contributed by atoms with Gasteiger partial charge in [0, 0.05) is 6.54 Å². The van der Waals surface area contributed by atoms with E-state index in [1.165, 1.54) is 0 Å². The Morgan fingerprint density at radius 1 is 0.926 bits per heavy atom. The van der Waals surface area contributed by atoms with E-state index in [1.807, 2.05) is 31.2 Å². The van der Waals surface area contributed by atoms with Crippen LogP contribution in [-0.4, -0.2) is 16.8 Å². The molecule has 0 atom stereocenters. The van der Waals surface area contributed by atoms with Crippen molar-refractivity contribution >= 4 is 29.1 Å². The lowest BCUT2D eigenvalue weighted by atomic mass is 10.1. The van der Waals surface area contributed by atoms with Gasteiger partial charge in [-0.2, -0.15) is 0 Å². The molecular formula is C21H18ClN3O2. The van der Waals surface area contributed by atoms with E-state index in [0.717, 1.165) is 11.1 Å². The fourth-order valence-electron chi connectivity index (χ4n) is 2.53. The van der Waals surface area contributed by atoms with Gasteiger partial charge in [-0.3, -0.25) is 9.59 Å². The molecule has 0 bridgehead atoms. The molecule has 0 saturated carbocycles. The van der Waals surface area contributed by atoms with Crippen molar-refractivity contribution in [3.63, 3.8) is 0 Å². The molecule has 1 aromatic heterocycles. The molecule has 0 spiro atoms. The molecule has 2 aromatic carbocycles. The van der Waals surface area contributed by atoms with Gasteiger partial charge in [0.05, 0.1) is 10.7 Å². The van der Waals surface area contributed by atoms with Crippen molar-refractivity contribution in [3.8, 4) is 0 Å². The van der Waals surface area contributed by atoms with Gasteiger partial charge in [-0.25, -0.2) is 4.98 Å². The largest absolute Gasteiger partial charge is 0.347 e. The van der Waals surface area contributed by atoms with Crippen molar-refractivity contribution in [3.05, 3.63) is 94.3 Å². The van der Waals surface area contributed by atoms with Gasteiger partial charge in [0.15, 0.2) is 0 Å². The molecule has 3 aromatic rings. The summed E-state index contributed by atoms with van der Waals surface area (Å²) >= 11 is 6.05. The minimum absolute atomic E-state index is 0.137. The zero-order valence-corrected chi connectivity index (χ0v) is 15.5. The normalized spacial score (nSPS) is 10.3. The number of hydrogen-bond acceptors (Lipinski definition) is 3. The summed E-state index contributed by atoms with van der Waals surface area (Å²) in [4.78, 5) is 28.9. The summed E-state index contributed by atoms with van der Waals surface area (Å²) in [7, 11) is 0. The number of aromatic nitrogens is 1. The summed E-state index contributed by atoms with van der Waals surface area (Å²) in [6.45, 7) is 2.38. The van der Waals surface area contributed by atoms with Gasteiger partial charge in [0.2, 0.25) is 0 Å². The Balaban J connectivity index is 1.68. The third-order valence-electron chi connectivity index (χ3n) is 3.87. The number of pyridine rings is 1. The molecular weight excluding hydrogens is 362 g/mol. The van der Waals surface area contributed by atoms with Crippen LogP contribution in [0.15, 0.2) is 66.7 Å². The van der Waals surface area contributed by atoms with Crippen molar-refractivity contribution in [2.45, 2.75) is 13.5 Å². The van der Waals surface area contributed by atoms with Crippen LogP contribution in [0.4, 0.5) is 5.69 Å². The van der Waals surface area contributed by atoms with Crippen LogP contribution in [0.1, 0.15) is 32.1 Å². The number of aryl methyl sites for hydroxylation is 1. The predicted molar refractivity (Wildman–Crippen MR) is 106 cm³/mol. The number of hydrogen-bond donors (Lipinski definition) is 2. The highest BCUT2D eigenvalue weighted by molar-refractivity contribution is 6.33. The number of rotatable bonds is 5. The molecule has 0 aliphatic rings. The lowest BCUT2D eigenvalue weighted by Gasteiger charge is -2.08. The van der Waals surface area contributed by atoms with E-state index in [2.05, 4.69) is 15.6 Å². The quantitative estimate of drug-likeness (QED) is 0.697. The Hall–Kier alpha value is -3.18. The second-order valence-electron chi connectivity index (χ2n) is 6.01. The smallest absolute Gasteiger partial charge is 0.274 e. The highest BCUT2D eigenvalue weighted by atomic mass is 35.5. The number of nitrogens with one attached hydrogen (secondary N) is 2. The number of carbonyl (C=O) groups excluding carboxylic acids is 2. The van der Waals surface area contributed by atoms with Gasteiger partial charge in [-0.1, -0.05) is 59.6 Å². The van der Waals surface area contributed by atoms with Crippen LogP contribution in [0.3, 0.4) is 0 Å². The maximum Gasteiger partial charge on any atom is 0.274 e. The van der Waals surface area contributed by atoms with Crippen molar-refractivity contribution in [1.82, 2.24) is 10.3 Å². The van der Waals surface area contributed by atoms with E-state index in [4.69, 9.17) is 11.6 Å². The van der Waals surface area contributed by atoms with Crippen LogP contribution in [0.2, 0.25) is 5.02 Å². The summed E-state index contributed by atoms with van der Waals surface area (Å²) in [5.41, 5.74) is 2.92. The monoisotopic (exact) mass is 379 g/mol. The van der Waals surface area contributed by atoms with Gasteiger partial charge in [-0.15, -0.1) is 0 Å². The Kier molecular flexibility index (Phi) is 5.84. The van der Waals surface area contributed by atoms with Crippen LogP contribution in [0, 0.1) is 6.92 Å². The summed E-state index contributed by atoms with van der Waals surface area (Å²) in [5.74, 6) is -0.777. The van der Waals surface area contributed by atoms with Gasteiger partial charge in [0.25, 0.3) is 11.8 Å². The van der Waals surface area contributed by atoms with E-state index >= 15 is 0 Å². The maximum atomic E-state index is 12.4. The molecule has 5 nitrogen and oxygen atoms in total. The number of para-hydroxylation sites is 1. The summed E-state index contributed by atoms with van der Waals surface area (Å²) in [6.07, 6.45) is 0. The van der Waals surface area contributed by atoms with Crippen LogP contribution in [0.5, 0.6) is 0 Å². The van der Waals surface area contributed by atoms with Crippen molar-refractivity contribution in [2.75, 3.05) is 5.32 Å². The molecule has 3 rings (SSSR count). The Bertz CT molecular complexity index is 988. The molecule has 0 radical (unpaired) electrons. The average Bonchev–Trinajstić information content (AvgIpc) is 2.68. The Morgan fingerprint density at radius 2 is 1.63 bits per heavy atom. The Labute approximate surface area is 162 Å². The molecule has 6 heteroatoms. The standard InChI is InChI=1S/C21H18ClN3O2/c1-14-6-4-7-15(12-14)13-23-20(26)18-10-5-11-19(24-18)21(27)25-17-9-3-2-8-16(17)22/h2-12H,13H2,1H3,(H,23,26)(H,25,27). The molecule has 0 unspecified atom stereocenters. The first kappa shape index (κ1) is 18.6. The summed E-state index contributed by atoms with van der Waals surface area (Å²) in [5, 5.41) is 5.93. The minimum Gasteiger partial charge on any atom is -0.347 e. The molecule has 1 heterocycles. The summed E-state index contributed by atoms with van der Waals surface area (Å²) in [6, 6.07) is 19.5. The number of nitrogens with zero attached hydrogens (tertiary/aromatic N) is 1. The molecule has 2 amide bonds. The number of anilines is 1. The fourth-order valence-corrected chi connectivity index (χ4v) is 2.71. The lowest BCUT2D eigenvalue weighted by Crippen LogP contribution is -2.25. The highest BCUT2D eigenvalue weighted by Gasteiger charge is 2.13. The van der Waals surface area contributed by atoms with Gasteiger partial charge < -0.3 is 10.6 Å². The minimum atomic E-state index is -0.434. The first-order chi connectivity index (χ1) is 13.0. The van der Waals surface area contributed by atoms with E-state index in [-0.39, 0.29) is 17.3 Å². The van der Waals surface area contributed by atoms with Crippen LogP contribution >= 0.6 is 11.6 Å². The lowest BCUT2D eigenvalue weighted by molar-refractivity contribution is 0.0945. The highest BCUT2D eigenvalue weighted by Crippen LogP contribution is 2.21. The van der Waals surface area contributed by atoms with Crippen molar-refractivity contribution < 1.29 is 9.59 Å². The third kappa shape index (κ3) is 4.92. The number of halogens is 1. The number of amides is 2. The SMILES string of the molecule is Cc1cccc(CNC(=O)c2cccc(C(=O)Nc3ccccc3Cl)n2)c1. The van der Waals surface area contributed by atoms with E-state index in [9.17, 15) is 9.59 Å². The molecule has 27 heavy (non-hydrogen) atoms. The van der Waals surface area contributed by atoms with E-state index in [0.29, 0.717) is 17.3 Å². The number of carbonyl (C=O) groups is 2. The summed E-state index contributed by atoms with van der Waals surface area (Å²) < 4.78 is 0. The average molecular weight is 380 g/mol. The molecule has 136 valence electrons. The second kappa shape index (κ2) is 8.47. The first-order valence-electron chi connectivity index (χ1n) is 8.39. The second-order valence-corrected chi connectivity index (χ2v) is 6.42. The van der Waals surface area contributed by atoms with Crippen molar-refractivity contribution in [1.29, 1.82) is 0 Å². The number of benzene rings is 2. The maximum absolute atomic E-state index is 12.4. The zero-order valence-electron chi connectivity index (χ0n) is 14.7. The van der Waals surface area contributed by atoms with Gasteiger partial charge in [0.1, 0.15) is 11.4 Å². The fraction of sp³-hybridized carbons (Fsp3) is 0.0952. The van der Waals surface area contributed by atoms with Crippen LogP contribution in [0.25, 0.3) is 0 Å². The van der Waals surface area contributed by atoms with E-state index in [1.54, 1.807) is 42.5 Å². The predicted octanol–water partition coefficient (Wildman–Crippen LogP) is 4.23. The Morgan fingerprint density at radius 3 is 2.37 bits per heavy atom. The van der Waals surface area contributed by atoms with Crippen LogP contribution in [-0.2, 0) is 6.54 Å². The first-order valence-corrected chi connectivity index (χ1v) is 8.77. The topological polar surface area (TPSA) is 71.1 Å². The molecule has 0 aliphatic carbocycles. The molecule has 0 fully saturated rings. The molecule has 0 aliphatic heterocycles. The van der Waals surface area contributed by atoms with Gasteiger partial charge in [-0.05, 0) is 36.8 Å². The zero-order chi connectivity index (χ0) is 19.2. The molecule has 0 saturated heterocycles. The third-order valence-corrected chi connectivity index (χ3v) is 4.20. The van der Waals surface area contributed by atoms with Crippen molar-refractivity contribution in [2.24, 2.45) is 0 Å². The van der Waals surface area contributed by atoms with Crippen LogP contribution < -0.4 is 10.6 Å².